The first kappa shape index (κ1) is 34.6. The molecule has 2 aromatic heterocycles. The zero-order valence-electron chi connectivity index (χ0n) is 26.1. The van der Waals surface area contributed by atoms with Gasteiger partial charge in [-0.3, -0.25) is 4.57 Å². The van der Waals surface area contributed by atoms with Gasteiger partial charge < -0.3 is 31.2 Å². The lowest BCUT2D eigenvalue weighted by Crippen LogP contribution is -2.47. The van der Waals surface area contributed by atoms with Gasteiger partial charge in [-0.25, -0.2) is 15.0 Å². The number of aliphatic hydroxyl groups excluding tert-OH is 2. The highest BCUT2D eigenvalue weighted by atomic mass is 16.6. The lowest BCUT2D eigenvalue weighted by molar-refractivity contribution is -0.166. The molecule has 0 saturated carbocycles. The van der Waals surface area contributed by atoms with Crippen molar-refractivity contribution in [2.75, 3.05) is 25.5 Å². The summed E-state index contributed by atoms with van der Waals surface area (Å²) < 4.78 is 14.7. The largest absolute Gasteiger partial charge is 0.394 e. The van der Waals surface area contributed by atoms with E-state index in [0.29, 0.717) is 30.7 Å². The van der Waals surface area contributed by atoms with Crippen molar-refractivity contribution in [2.45, 2.75) is 153 Å². The number of aromatic nitrogens is 4. The minimum atomic E-state index is -1.07. The summed E-state index contributed by atoms with van der Waals surface area (Å²) in [5.74, 6) is 0.286. The average Bonchev–Trinajstić information content (AvgIpc) is 3.55. The molecule has 240 valence electrons. The molecule has 4 atom stereocenters. The van der Waals surface area contributed by atoms with Crippen LogP contribution in [0.5, 0.6) is 0 Å². The number of anilines is 1. The Hall–Kier alpha value is -1.85. The van der Waals surface area contributed by atoms with Crippen molar-refractivity contribution < 1.29 is 19.7 Å². The van der Waals surface area contributed by atoms with E-state index >= 15 is 0 Å². The third-order valence-electron chi connectivity index (χ3n) is 8.73. The smallest absolute Gasteiger partial charge is 0.176 e. The summed E-state index contributed by atoms with van der Waals surface area (Å²) in [7, 11) is 0. The molecule has 2 aromatic rings. The fourth-order valence-corrected chi connectivity index (χ4v) is 6.26. The third-order valence-corrected chi connectivity index (χ3v) is 8.73. The molecule has 1 saturated heterocycles. The van der Waals surface area contributed by atoms with Gasteiger partial charge in [0.1, 0.15) is 30.2 Å². The van der Waals surface area contributed by atoms with Gasteiger partial charge in [0, 0.05) is 6.61 Å². The first-order chi connectivity index (χ1) is 20.6. The highest BCUT2D eigenvalue weighted by Crippen LogP contribution is 2.43. The molecule has 1 aliphatic heterocycles. The normalized spacial score (nSPS) is 22.4. The van der Waals surface area contributed by atoms with Crippen LogP contribution in [0.2, 0.25) is 0 Å². The van der Waals surface area contributed by atoms with Crippen LogP contribution in [-0.2, 0) is 15.2 Å². The van der Waals surface area contributed by atoms with Crippen LogP contribution in [-0.4, -0.2) is 67.8 Å². The van der Waals surface area contributed by atoms with Gasteiger partial charge in [-0.1, -0.05) is 103 Å². The van der Waals surface area contributed by atoms with E-state index in [1.54, 1.807) is 6.33 Å². The molecule has 10 nitrogen and oxygen atoms in total. The lowest BCUT2D eigenvalue weighted by atomic mass is 9.95. The maximum Gasteiger partial charge on any atom is 0.176 e. The number of ether oxygens (including phenoxy) is 2. The van der Waals surface area contributed by atoms with Gasteiger partial charge >= 0.3 is 0 Å². The number of hydrogen-bond donors (Lipinski definition) is 4. The van der Waals surface area contributed by atoms with Gasteiger partial charge in [0.25, 0.3) is 0 Å². The molecule has 0 bridgehead atoms. The van der Waals surface area contributed by atoms with Crippen LogP contribution in [0.4, 0.5) is 5.82 Å². The van der Waals surface area contributed by atoms with Crippen molar-refractivity contribution in [1.29, 1.82) is 0 Å². The molecule has 3 rings (SSSR count). The summed E-state index contributed by atoms with van der Waals surface area (Å²) in [5.41, 5.74) is 11.7. The monoisotopic (exact) mass is 590 g/mol. The van der Waals surface area contributed by atoms with Gasteiger partial charge in [0.05, 0.1) is 12.9 Å². The van der Waals surface area contributed by atoms with Crippen molar-refractivity contribution in [2.24, 2.45) is 5.73 Å². The summed E-state index contributed by atoms with van der Waals surface area (Å²) in [6, 6.07) is 0. The van der Waals surface area contributed by atoms with Crippen molar-refractivity contribution >= 4 is 17.0 Å². The SMILES string of the molecule is CCCCCCCCCCCCCCCCO[C@@H]1[C@H](O)[C@@H](CO)O[C@@]1(CCCCCCN)n1cnc2c(N)ncnc21. The summed E-state index contributed by atoms with van der Waals surface area (Å²) in [5, 5.41) is 21.3. The molecule has 3 heterocycles. The highest BCUT2D eigenvalue weighted by Gasteiger charge is 2.57. The Bertz CT molecular complexity index is 991. The number of hydrogen-bond acceptors (Lipinski definition) is 9. The first-order valence-electron chi connectivity index (χ1n) is 16.8. The van der Waals surface area contributed by atoms with Gasteiger partial charge in [-0.15, -0.1) is 0 Å². The highest BCUT2D eigenvalue weighted by molar-refractivity contribution is 5.81. The van der Waals surface area contributed by atoms with Crippen molar-refractivity contribution in [1.82, 2.24) is 19.5 Å². The molecule has 0 unspecified atom stereocenters. The molecule has 0 aromatic carbocycles. The maximum absolute atomic E-state index is 11.2. The fraction of sp³-hybridized carbons (Fsp3) is 0.844. The van der Waals surface area contributed by atoms with E-state index in [9.17, 15) is 10.2 Å². The van der Waals surface area contributed by atoms with Gasteiger partial charge in [-0.2, -0.15) is 0 Å². The Kier molecular flexibility index (Phi) is 16.0. The maximum atomic E-state index is 11.2. The Morgan fingerprint density at radius 1 is 0.857 bits per heavy atom. The second kappa shape index (κ2) is 19.4. The molecule has 42 heavy (non-hydrogen) atoms. The van der Waals surface area contributed by atoms with Crippen molar-refractivity contribution in [3.05, 3.63) is 12.7 Å². The number of rotatable bonds is 24. The number of nitrogen functional groups attached to an aromatic ring is 1. The molecule has 0 radical (unpaired) electrons. The number of aliphatic hydroxyl groups is 2. The molecular weight excluding hydrogens is 532 g/mol. The van der Waals surface area contributed by atoms with E-state index in [4.69, 9.17) is 20.9 Å². The van der Waals surface area contributed by atoms with Crippen LogP contribution >= 0.6 is 0 Å². The Balaban J connectivity index is 1.51. The first-order valence-corrected chi connectivity index (χ1v) is 16.8. The lowest BCUT2D eigenvalue weighted by Gasteiger charge is -2.36. The van der Waals surface area contributed by atoms with Crippen LogP contribution in [0.3, 0.4) is 0 Å². The van der Waals surface area contributed by atoms with E-state index in [0.717, 1.165) is 38.5 Å². The van der Waals surface area contributed by atoms with Crippen LogP contribution in [0.15, 0.2) is 12.7 Å². The number of fused-ring (bicyclic) bond motifs is 1. The van der Waals surface area contributed by atoms with E-state index in [1.807, 2.05) is 4.57 Å². The molecule has 1 fully saturated rings. The topological polar surface area (TPSA) is 155 Å². The summed E-state index contributed by atoms with van der Waals surface area (Å²) >= 11 is 0. The molecule has 10 heteroatoms. The van der Waals surface area contributed by atoms with E-state index < -0.39 is 24.0 Å². The van der Waals surface area contributed by atoms with E-state index in [2.05, 4.69) is 21.9 Å². The van der Waals surface area contributed by atoms with Crippen LogP contribution in [0.25, 0.3) is 11.2 Å². The van der Waals surface area contributed by atoms with Crippen molar-refractivity contribution in [3.63, 3.8) is 0 Å². The van der Waals surface area contributed by atoms with E-state index in [1.165, 1.54) is 83.4 Å². The zero-order valence-corrected chi connectivity index (χ0v) is 26.1. The molecule has 0 spiro atoms. The zero-order chi connectivity index (χ0) is 30.0. The molecule has 0 aliphatic carbocycles. The predicted molar refractivity (Wildman–Crippen MR) is 168 cm³/mol. The second-order valence-electron chi connectivity index (χ2n) is 12.1. The summed E-state index contributed by atoms with van der Waals surface area (Å²) in [6.45, 7) is 3.14. The summed E-state index contributed by atoms with van der Waals surface area (Å²) in [4.78, 5) is 13.0. The second-order valence-corrected chi connectivity index (χ2v) is 12.1. The van der Waals surface area contributed by atoms with Gasteiger partial charge in [-0.05, 0) is 32.2 Å². The molecule has 0 amide bonds. The number of unbranched alkanes of at least 4 members (excludes halogenated alkanes) is 16. The Labute approximate surface area is 253 Å². The Morgan fingerprint density at radius 2 is 1.45 bits per heavy atom. The van der Waals surface area contributed by atoms with Crippen LogP contribution < -0.4 is 11.5 Å². The minimum Gasteiger partial charge on any atom is -0.394 e. The van der Waals surface area contributed by atoms with Gasteiger partial charge in [0.2, 0.25) is 0 Å². The summed E-state index contributed by atoms with van der Waals surface area (Å²) in [6.07, 6.45) is 23.1. The van der Waals surface area contributed by atoms with Gasteiger partial charge in [0.15, 0.2) is 17.2 Å². The number of imidazole rings is 1. The van der Waals surface area contributed by atoms with E-state index in [-0.39, 0.29) is 12.4 Å². The fourth-order valence-electron chi connectivity index (χ4n) is 6.26. The molecule has 1 aliphatic rings. The quantitative estimate of drug-likeness (QED) is 0.115. The van der Waals surface area contributed by atoms with Crippen LogP contribution in [0, 0.1) is 0 Å². The molecular formula is C32H58N6O4. The third kappa shape index (κ3) is 9.84. The standard InChI is InChI=1S/C32H58N6O4/c1-2-3-4-5-6-7-8-9-10-11-12-13-16-19-22-41-29-28(40)26(23-39)42-32(29,20-17-14-15-18-21-33)38-25-37-27-30(34)35-24-36-31(27)38/h24-26,28-29,39-40H,2-23,33H2,1H3,(H2,34,35,36)/t26-,28-,29-,32-/m1/s1. The minimum absolute atomic E-state index is 0.286. The molecule has 6 N–H and O–H groups in total. The number of nitrogens with zero attached hydrogens (tertiary/aromatic N) is 4. The average molecular weight is 591 g/mol. The van der Waals surface area contributed by atoms with Crippen LogP contribution in [0.1, 0.15) is 129 Å². The Morgan fingerprint density at radius 3 is 2.07 bits per heavy atom. The number of nitrogens with two attached hydrogens (primary N) is 2. The predicted octanol–water partition coefficient (Wildman–Crippen LogP) is 5.59. The van der Waals surface area contributed by atoms with Crippen molar-refractivity contribution in [3.8, 4) is 0 Å².